The van der Waals surface area contributed by atoms with Crippen LogP contribution in [-0.4, -0.2) is 11.9 Å². The van der Waals surface area contributed by atoms with Crippen LogP contribution in [0.1, 0.15) is 58.4 Å². The SMILES string of the molecule is CC1CCCCCC1NC(=O)C(C)(C)c1ccc(N)cc1. The Labute approximate surface area is 128 Å². The second-order valence-corrected chi connectivity index (χ2v) is 6.94. The average Bonchev–Trinajstić information content (AvgIpc) is 2.64. The summed E-state index contributed by atoms with van der Waals surface area (Å²) in [5.41, 5.74) is 6.94. The van der Waals surface area contributed by atoms with E-state index in [4.69, 9.17) is 5.73 Å². The third-order valence-corrected chi connectivity index (χ3v) is 4.88. The molecule has 0 aromatic heterocycles. The molecule has 2 unspecified atom stereocenters. The third kappa shape index (κ3) is 3.78. The molecule has 0 spiro atoms. The Morgan fingerprint density at radius 2 is 1.76 bits per heavy atom. The standard InChI is InChI=1S/C18H28N2O/c1-13-7-5-4-6-8-16(13)20-17(21)18(2,3)14-9-11-15(19)12-10-14/h9-13,16H,4-8,19H2,1-3H3,(H,20,21). The fourth-order valence-corrected chi connectivity index (χ4v) is 3.09. The Kier molecular flexibility index (Phi) is 4.92. The number of amides is 1. The van der Waals surface area contributed by atoms with Crippen LogP contribution >= 0.6 is 0 Å². The van der Waals surface area contributed by atoms with Crippen molar-refractivity contribution in [3.05, 3.63) is 29.8 Å². The summed E-state index contributed by atoms with van der Waals surface area (Å²) in [5, 5.41) is 3.29. The molecular formula is C18H28N2O. The van der Waals surface area contributed by atoms with Crippen molar-refractivity contribution in [3.63, 3.8) is 0 Å². The molecule has 3 heteroatoms. The zero-order valence-electron chi connectivity index (χ0n) is 13.5. The lowest BCUT2D eigenvalue weighted by Gasteiger charge is -2.30. The van der Waals surface area contributed by atoms with Gasteiger partial charge in [0.25, 0.3) is 0 Å². The van der Waals surface area contributed by atoms with Crippen molar-refractivity contribution in [3.8, 4) is 0 Å². The van der Waals surface area contributed by atoms with Gasteiger partial charge in [0, 0.05) is 11.7 Å². The number of rotatable bonds is 3. The molecule has 1 fully saturated rings. The van der Waals surface area contributed by atoms with Crippen molar-refractivity contribution in [2.75, 3.05) is 5.73 Å². The van der Waals surface area contributed by atoms with Crippen molar-refractivity contribution in [1.82, 2.24) is 5.32 Å². The molecule has 2 rings (SSSR count). The second-order valence-electron chi connectivity index (χ2n) is 6.94. The van der Waals surface area contributed by atoms with Crippen LogP contribution in [0.25, 0.3) is 0 Å². The van der Waals surface area contributed by atoms with Crippen LogP contribution in [0, 0.1) is 5.92 Å². The number of carbonyl (C=O) groups excluding carboxylic acids is 1. The lowest BCUT2D eigenvalue weighted by molar-refractivity contribution is -0.126. The molecule has 1 amide bonds. The highest BCUT2D eigenvalue weighted by atomic mass is 16.2. The minimum absolute atomic E-state index is 0.117. The highest BCUT2D eigenvalue weighted by molar-refractivity contribution is 5.87. The molecule has 1 aromatic rings. The van der Waals surface area contributed by atoms with Gasteiger partial charge in [0.2, 0.25) is 5.91 Å². The van der Waals surface area contributed by atoms with E-state index in [0.29, 0.717) is 12.0 Å². The van der Waals surface area contributed by atoms with Crippen LogP contribution in [0.2, 0.25) is 0 Å². The van der Waals surface area contributed by atoms with Crippen LogP contribution in [0.15, 0.2) is 24.3 Å². The molecule has 1 aliphatic carbocycles. The van der Waals surface area contributed by atoms with E-state index < -0.39 is 5.41 Å². The van der Waals surface area contributed by atoms with Gasteiger partial charge in [0.05, 0.1) is 5.41 Å². The Bertz CT molecular complexity index is 478. The zero-order valence-corrected chi connectivity index (χ0v) is 13.5. The van der Waals surface area contributed by atoms with Gasteiger partial charge in [-0.15, -0.1) is 0 Å². The molecule has 0 heterocycles. The van der Waals surface area contributed by atoms with Gasteiger partial charge in [-0.3, -0.25) is 4.79 Å². The largest absolute Gasteiger partial charge is 0.399 e. The van der Waals surface area contributed by atoms with Gasteiger partial charge < -0.3 is 11.1 Å². The first kappa shape index (κ1) is 15.9. The maximum absolute atomic E-state index is 12.7. The smallest absolute Gasteiger partial charge is 0.230 e. The normalized spacial score (nSPS) is 23.4. The van der Waals surface area contributed by atoms with Crippen molar-refractivity contribution in [2.45, 2.75) is 64.3 Å². The lowest BCUT2D eigenvalue weighted by Crippen LogP contribution is -2.47. The summed E-state index contributed by atoms with van der Waals surface area (Å²) in [6, 6.07) is 7.93. The number of nitrogens with one attached hydrogen (secondary N) is 1. The van der Waals surface area contributed by atoms with Crippen LogP contribution in [0.5, 0.6) is 0 Å². The van der Waals surface area contributed by atoms with Gasteiger partial charge in [-0.05, 0) is 50.3 Å². The Morgan fingerprint density at radius 1 is 1.14 bits per heavy atom. The fraction of sp³-hybridized carbons (Fsp3) is 0.611. The molecule has 1 aromatic carbocycles. The zero-order chi connectivity index (χ0) is 15.5. The van der Waals surface area contributed by atoms with Crippen LogP contribution in [-0.2, 0) is 10.2 Å². The first-order valence-electron chi connectivity index (χ1n) is 8.08. The Morgan fingerprint density at radius 3 is 2.43 bits per heavy atom. The predicted octanol–water partition coefficient (Wildman–Crippen LogP) is 3.63. The summed E-state index contributed by atoms with van der Waals surface area (Å²) in [6.45, 7) is 6.22. The number of carbonyl (C=O) groups is 1. The molecule has 0 saturated heterocycles. The summed E-state index contributed by atoms with van der Waals surface area (Å²) >= 11 is 0. The molecule has 3 N–H and O–H groups in total. The highest BCUT2D eigenvalue weighted by Crippen LogP contribution is 2.27. The van der Waals surface area contributed by atoms with Gasteiger partial charge in [0.1, 0.15) is 0 Å². The maximum atomic E-state index is 12.7. The molecule has 3 nitrogen and oxygen atoms in total. The van der Waals surface area contributed by atoms with Gasteiger partial charge in [-0.25, -0.2) is 0 Å². The van der Waals surface area contributed by atoms with Crippen LogP contribution in [0.4, 0.5) is 5.69 Å². The number of benzene rings is 1. The molecule has 1 aliphatic rings. The first-order valence-corrected chi connectivity index (χ1v) is 8.08. The van der Waals surface area contributed by atoms with Crippen LogP contribution < -0.4 is 11.1 Å². The summed E-state index contributed by atoms with van der Waals surface area (Å²) in [4.78, 5) is 12.7. The molecule has 0 aliphatic heterocycles. The van der Waals surface area contributed by atoms with Gasteiger partial charge in [-0.1, -0.05) is 38.3 Å². The number of nitrogen functional groups attached to an aromatic ring is 1. The second kappa shape index (κ2) is 6.50. The van der Waals surface area contributed by atoms with Crippen molar-refractivity contribution in [1.29, 1.82) is 0 Å². The van der Waals surface area contributed by atoms with Gasteiger partial charge in [0.15, 0.2) is 0 Å². The number of anilines is 1. The number of hydrogen-bond donors (Lipinski definition) is 2. The Balaban J connectivity index is 2.08. The van der Waals surface area contributed by atoms with E-state index in [9.17, 15) is 4.79 Å². The van der Waals surface area contributed by atoms with E-state index in [-0.39, 0.29) is 5.91 Å². The number of hydrogen-bond acceptors (Lipinski definition) is 2. The quantitative estimate of drug-likeness (QED) is 0.659. The van der Waals surface area contributed by atoms with E-state index in [0.717, 1.165) is 17.7 Å². The van der Waals surface area contributed by atoms with Gasteiger partial charge >= 0.3 is 0 Å². The van der Waals surface area contributed by atoms with E-state index >= 15 is 0 Å². The van der Waals surface area contributed by atoms with Crippen molar-refractivity contribution in [2.24, 2.45) is 5.92 Å². The van der Waals surface area contributed by atoms with E-state index in [1.807, 2.05) is 38.1 Å². The van der Waals surface area contributed by atoms with E-state index in [1.165, 1.54) is 25.7 Å². The van der Waals surface area contributed by atoms with E-state index in [1.54, 1.807) is 0 Å². The minimum atomic E-state index is -0.528. The molecule has 0 radical (unpaired) electrons. The molecule has 1 saturated carbocycles. The predicted molar refractivity (Wildman–Crippen MR) is 88.1 cm³/mol. The Hall–Kier alpha value is -1.51. The number of nitrogens with two attached hydrogens (primary N) is 1. The van der Waals surface area contributed by atoms with Crippen LogP contribution in [0.3, 0.4) is 0 Å². The monoisotopic (exact) mass is 288 g/mol. The fourth-order valence-electron chi connectivity index (χ4n) is 3.09. The first-order chi connectivity index (χ1) is 9.91. The van der Waals surface area contributed by atoms with Crippen molar-refractivity contribution < 1.29 is 4.79 Å². The summed E-state index contributed by atoms with van der Waals surface area (Å²) in [7, 11) is 0. The summed E-state index contributed by atoms with van der Waals surface area (Å²) in [5.74, 6) is 0.685. The summed E-state index contributed by atoms with van der Waals surface area (Å²) in [6.07, 6.45) is 6.11. The van der Waals surface area contributed by atoms with Gasteiger partial charge in [-0.2, -0.15) is 0 Å². The molecule has 0 bridgehead atoms. The molecular weight excluding hydrogens is 260 g/mol. The average molecular weight is 288 g/mol. The topological polar surface area (TPSA) is 55.1 Å². The third-order valence-electron chi connectivity index (χ3n) is 4.88. The molecule has 2 atom stereocenters. The summed E-state index contributed by atoms with van der Waals surface area (Å²) < 4.78 is 0. The van der Waals surface area contributed by atoms with E-state index in [2.05, 4.69) is 12.2 Å². The maximum Gasteiger partial charge on any atom is 0.230 e. The highest BCUT2D eigenvalue weighted by Gasteiger charge is 2.32. The lowest BCUT2D eigenvalue weighted by atomic mass is 9.83. The molecule has 116 valence electrons. The molecule has 21 heavy (non-hydrogen) atoms. The minimum Gasteiger partial charge on any atom is -0.399 e. The van der Waals surface area contributed by atoms with Crippen molar-refractivity contribution >= 4 is 11.6 Å².